The van der Waals surface area contributed by atoms with E-state index in [1.165, 1.54) is 12.8 Å². The molecule has 122 valence electrons. The van der Waals surface area contributed by atoms with Crippen LogP contribution in [-0.2, 0) is 10.1 Å². The molecule has 0 saturated carbocycles. The summed E-state index contributed by atoms with van der Waals surface area (Å²) in [6.45, 7) is 15.0. The topological polar surface area (TPSA) is 80.3 Å². The Balaban J connectivity index is -0.0000000512. The number of unbranched alkanes of at least 4 members (excludes halogenated alkanes) is 2. The molecule has 0 unspecified atom stereocenters. The second kappa shape index (κ2) is 31.9. The van der Waals surface area contributed by atoms with Crippen LogP contribution in [0.3, 0.4) is 0 Å². The summed E-state index contributed by atoms with van der Waals surface area (Å²) >= 11 is 0. The quantitative estimate of drug-likeness (QED) is 0.511. The first-order valence-corrected chi connectivity index (χ1v) is 8.48. The van der Waals surface area contributed by atoms with Crippen molar-refractivity contribution >= 4 is 34.0 Å². The van der Waals surface area contributed by atoms with Crippen LogP contribution in [0.1, 0.15) is 66.2 Å². The van der Waals surface area contributed by atoms with Crippen LogP contribution in [0.4, 0.5) is 0 Å². The Labute approximate surface area is 144 Å². The Bertz CT molecular complexity index is 192. The molecule has 0 amide bonds. The van der Waals surface area contributed by atoms with Gasteiger partial charge in [0, 0.05) is 5.75 Å². The van der Waals surface area contributed by atoms with Crippen molar-refractivity contribution in [3.8, 4) is 0 Å². The van der Waals surface area contributed by atoms with E-state index < -0.39 is 10.1 Å². The van der Waals surface area contributed by atoms with Crippen molar-refractivity contribution in [1.29, 1.82) is 0 Å². The van der Waals surface area contributed by atoms with Gasteiger partial charge in [-0.3, -0.25) is 0 Å². The predicted molar refractivity (Wildman–Crippen MR) is 86.3 cm³/mol. The molecule has 0 saturated heterocycles. The molecule has 0 aliphatic rings. The minimum atomic E-state index is -3.92. The predicted octanol–water partition coefficient (Wildman–Crippen LogP) is 2.56. The minimum absolute atomic E-state index is 0. The summed E-state index contributed by atoms with van der Waals surface area (Å²) in [7, 11) is -3.92. The van der Waals surface area contributed by atoms with Crippen LogP contribution in [0.2, 0.25) is 0 Å². The van der Waals surface area contributed by atoms with Gasteiger partial charge < -0.3 is 9.66 Å². The molecular formula is C14H32O4SSn. The third-order valence-corrected chi connectivity index (χ3v) is 2.27. The third-order valence-electron chi connectivity index (χ3n) is 1.37. The van der Waals surface area contributed by atoms with Crippen LogP contribution in [-0.4, -0.2) is 49.2 Å². The molecule has 0 aromatic heterocycles. The molecule has 0 aliphatic heterocycles. The van der Waals surface area contributed by atoms with E-state index in [0.29, 0.717) is 6.42 Å². The molecule has 0 heterocycles. The minimum Gasteiger partial charge on any atom is -0.854 e. The molecular weight excluding hydrogens is 383 g/mol. The van der Waals surface area contributed by atoms with Crippen LogP contribution >= 0.6 is 0 Å². The van der Waals surface area contributed by atoms with Crippen LogP contribution < -0.4 is 5.11 Å². The maximum atomic E-state index is 9.68. The van der Waals surface area contributed by atoms with Gasteiger partial charge in [-0.15, -0.1) is 6.61 Å². The Kier molecular flexibility index (Phi) is 51.9. The molecule has 0 bridgehead atoms. The standard InChI is InChI=1S/2C4H9.C3H8O3S.C3H7O.Sn/c2*1-3-4-2;1-2-3-7(4,5)6;1-2-3-4;/h2*1,3-4H2,2H3;2-3H2,1H3,(H,4,5,6);2-3H2,1H3;/q;;;-1;+2/p-1. The zero-order valence-corrected chi connectivity index (χ0v) is 17.3. The van der Waals surface area contributed by atoms with Gasteiger partial charge in [-0.05, 0) is 6.42 Å². The van der Waals surface area contributed by atoms with E-state index in [9.17, 15) is 18.1 Å². The average Bonchev–Trinajstić information content (AvgIpc) is 2.38. The summed E-state index contributed by atoms with van der Waals surface area (Å²) in [6, 6.07) is 0. The van der Waals surface area contributed by atoms with E-state index >= 15 is 0 Å². The Morgan fingerprint density at radius 2 is 1.10 bits per heavy atom. The van der Waals surface area contributed by atoms with E-state index in [1.807, 2.05) is 6.92 Å². The summed E-state index contributed by atoms with van der Waals surface area (Å²) in [4.78, 5) is 0. The van der Waals surface area contributed by atoms with Crippen molar-refractivity contribution < 1.29 is 18.1 Å². The molecule has 6 heteroatoms. The van der Waals surface area contributed by atoms with Gasteiger partial charge in [0.15, 0.2) is 0 Å². The first-order chi connectivity index (χ1) is 8.80. The van der Waals surface area contributed by atoms with Crippen LogP contribution in [0, 0.1) is 13.8 Å². The largest absolute Gasteiger partial charge is 2.00 e. The third kappa shape index (κ3) is 99.1. The average molecular weight is 415 g/mol. The molecule has 0 N–H and O–H groups in total. The summed E-state index contributed by atoms with van der Waals surface area (Å²) < 4.78 is 29.0. The van der Waals surface area contributed by atoms with Crippen molar-refractivity contribution in [3.05, 3.63) is 13.8 Å². The van der Waals surface area contributed by atoms with Crippen molar-refractivity contribution in [1.82, 2.24) is 0 Å². The summed E-state index contributed by atoms with van der Waals surface area (Å²) in [5.41, 5.74) is 0. The fourth-order valence-electron chi connectivity index (χ4n) is 0.250. The molecule has 0 aromatic carbocycles. The van der Waals surface area contributed by atoms with Gasteiger partial charge in [0.25, 0.3) is 0 Å². The fourth-order valence-corrected chi connectivity index (χ4v) is 0.750. The van der Waals surface area contributed by atoms with Gasteiger partial charge in [0.2, 0.25) is 0 Å². The van der Waals surface area contributed by atoms with Gasteiger partial charge in [-0.1, -0.05) is 73.6 Å². The Hall–Kier alpha value is 0.669. The second-order valence-corrected chi connectivity index (χ2v) is 5.20. The molecule has 20 heavy (non-hydrogen) atoms. The smallest absolute Gasteiger partial charge is 0.854 e. The van der Waals surface area contributed by atoms with E-state index in [4.69, 9.17) is 0 Å². The van der Waals surface area contributed by atoms with Crippen LogP contribution in [0.25, 0.3) is 0 Å². The van der Waals surface area contributed by atoms with Crippen molar-refractivity contribution in [3.63, 3.8) is 0 Å². The summed E-state index contributed by atoms with van der Waals surface area (Å²) in [5.74, 6) is -0.243. The fraction of sp³-hybridized carbons (Fsp3) is 0.857. The zero-order chi connectivity index (χ0) is 16.2. The maximum Gasteiger partial charge on any atom is 2.00 e. The number of rotatable bonds is 5. The van der Waals surface area contributed by atoms with Gasteiger partial charge in [-0.2, -0.15) is 0 Å². The Morgan fingerprint density at radius 1 is 0.850 bits per heavy atom. The van der Waals surface area contributed by atoms with Crippen molar-refractivity contribution in [2.45, 2.75) is 66.2 Å². The second-order valence-electron chi connectivity index (χ2n) is 3.67. The van der Waals surface area contributed by atoms with Crippen LogP contribution in [0.5, 0.6) is 0 Å². The van der Waals surface area contributed by atoms with Crippen LogP contribution in [0.15, 0.2) is 0 Å². The first-order valence-electron chi connectivity index (χ1n) is 6.91. The van der Waals surface area contributed by atoms with E-state index in [-0.39, 0.29) is 36.3 Å². The first kappa shape index (κ1) is 32.6. The maximum absolute atomic E-state index is 9.68. The van der Waals surface area contributed by atoms with E-state index in [0.717, 1.165) is 19.3 Å². The molecule has 0 spiro atoms. The van der Waals surface area contributed by atoms with Crippen molar-refractivity contribution in [2.24, 2.45) is 0 Å². The van der Waals surface area contributed by atoms with Gasteiger partial charge in [-0.25, -0.2) is 8.42 Å². The summed E-state index contributed by atoms with van der Waals surface area (Å²) in [6.07, 6.45) is 5.73. The van der Waals surface area contributed by atoms with E-state index in [2.05, 4.69) is 27.7 Å². The number of hydrogen-bond acceptors (Lipinski definition) is 4. The molecule has 4 nitrogen and oxygen atoms in total. The SMILES string of the molecule is CCCS(=O)(=O)[O-].CCC[O-].[CH2]CCC.[CH2]CCC.[Sn+2]. The summed E-state index contributed by atoms with van der Waals surface area (Å²) in [5, 5.41) is 9.30. The molecule has 0 aliphatic carbocycles. The normalized spacial score (nSPS) is 8.60. The van der Waals surface area contributed by atoms with Gasteiger partial charge >= 0.3 is 23.9 Å². The number of hydrogen-bond donors (Lipinski definition) is 0. The molecule has 0 aromatic rings. The molecule has 0 rings (SSSR count). The van der Waals surface area contributed by atoms with E-state index in [1.54, 1.807) is 6.92 Å². The molecule has 0 atom stereocenters. The monoisotopic (exact) mass is 416 g/mol. The zero-order valence-electron chi connectivity index (χ0n) is 13.6. The van der Waals surface area contributed by atoms with Gasteiger partial charge in [0.05, 0.1) is 10.1 Å². The van der Waals surface area contributed by atoms with Gasteiger partial charge in [0.1, 0.15) is 0 Å². The van der Waals surface area contributed by atoms with Crippen molar-refractivity contribution in [2.75, 3.05) is 12.4 Å². The molecule has 0 fully saturated rings. The Morgan fingerprint density at radius 3 is 1.10 bits per heavy atom. The molecule has 4 radical (unpaired) electrons.